The fraction of sp³-hybridized carbons (Fsp3) is 0.0870. The van der Waals surface area contributed by atoms with E-state index in [1.54, 1.807) is 48.2 Å². The molecule has 1 heterocycles. The van der Waals surface area contributed by atoms with Crippen molar-refractivity contribution in [3.8, 4) is 21.7 Å². The highest BCUT2D eigenvalue weighted by molar-refractivity contribution is 8.00. The molecule has 0 saturated heterocycles. The van der Waals surface area contributed by atoms with Crippen molar-refractivity contribution >= 4 is 44.5 Å². The van der Waals surface area contributed by atoms with E-state index >= 15 is 0 Å². The van der Waals surface area contributed by atoms with Crippen LogP contribution in [0.4, 0.5) is 4.39 Å². The van der Waals surface area contributed by atoms with Crippen molar-refractivity contribution < 1.29 is 12.8 Å². The molecule has 4 aromatic rings. The predicted octanol–water partition coefficient (Wildman–Crippen LogP) is 6.97. The molecule has 0 radical (unpaired) electrons. The molecule has 31 heavy (non-hydrogen) atoms. The monoisotopic (exact) mass is 489 g/mol. The molecule has 3 nitrogen and oxygen atoms in total. The van der Waals surface area contributed by atoms with Crippen molar-refractivity contribution in [2.24, 2.45) is 0 Å². The summed E-state index contributed by atoms with van der Waals surface area (Å²) < 4.78 is 39.0. The van der Waals surface area contributed by atoms with Gasteiger partial charge in [-0.15, -0.1) is 11.3 Å². The lowest BCUT2D eigenvalue weighted by Gasteiger charge is -2.08. The molecule has 3 aromatic carbocycles. The summed E-state index contributed by atoms with van der Waals surface area (Å²) >= 11 is 8.95. The molecule has 0 aliphatic rings. The van der Waals surface area contributed by atoms with Gasteiger partial charge in [0.05, 0.1) is 15.5 Å². The van der Waals surface area contributed by atoms with Gasteiger partial charge in [-0.1, -0.05) is 53.7 Å². The Bertz CT molecular complexity index is 1320. The number of sulfone groups is 1. The molecule has 0 fully saturated rings. The molecule has 0 atom stereocenters. The molecule has 8 heteroatoms. The van der Waals surface area contributed by atoms with Crippen LogP contribution in [-0.2, 0) is 15.6 Å². The van der Waals surface area contributed by atoms with Gasteiger partial charge in [0.25, 0.3) is 0 Å². The van der Waals surface area contributed by atoms with E-state index in [1.807, 2.05) is 24.3 Å². The van der Waals surface area contributed by atoms with Crippen molar-refractivity contribution in [1.82, 2.24) is 4.98 Å². The fourth-order valence-corrected chi connectivity index (χ4v) is 6.30. The molecule has 0 amide bonds. The zero-order valence-corrected chi connectivity index (χ0v) is 19.6. The van der Waals surface area contributed by atoms with Crippen LogP contribution in [0.15, 0.2) is 82.0 Å². The summed E-state index contributed by atoms with van der Waals surface area (Å²) in [5.74, 6) is 0.357. The van der Waals surface area contributed by atoms with E-state index in [4.69, 9.17) is 16.6 Å². The highest BCUT2D eigenvalue weighted by Gasteiger charge is 2.21. The van der Waals surface area contributed by atoms with Crippen molar-refractivity contribution in [2.45, 2.75) is 15.0 Å². The van der Waals surface area contributed by atoms with E-state index in [2.05, 4.69) is 0 Å². The number of hydrogen-bond donors (Lipinski definition) is 0. The van der Waals surface area contributed by atoms with Gasteiger partial charge in [0, 0.05) is 28.2 Å². The summed E-state index contributed by atoms with van der Waals surface area (Å²) in [6, 6.07) is 20.6. The van der Waals surface area contributed by atoms with Gasteiger partial charge >= 0.3 is 0 Å². The number of thiazole rings is 1. The van der Waals surface area contributed by atoms with Crippen LogP contribution in [0.5, 0.6) is 0 Å². The topological polar surface area (TPSA) is 47.0 Å². The summed E-state index contributed by atoms with van der Waals surface area (Å²) in [5, 5.41) is 0.682. The Morgan fingerprint density at radius 3 is 2.35 bits per heavy atom. The molecule has 158 valence electrons. The third-order valence-electron chi connectivity index (χ3n) is 4.53. The Kier molecular flexibility index (Phi) is 6.48. The van der Waals surface area contributed by atoms with E-state index in [-0.39, 0.29) is 10.7 Å². The molecule has 1 aromatic heterocycles. The van der Waals surface area contributed by atoms with Crippen LogP contribution < -0.4 is 0 Å². The Morgan fingerprint density at radius 1 is 1.00 bits per heavy atom. The highest BCUT2D eigenvalue weighted by Crippen LogP contribution is 2.43. The van der Waals surface area contributed by atoms with Crippen LogP contribution in [0, 0.1) is 5.82 Å². The lowest BCUT2D eigenvalue weighted by molar-refractivity contribution is 0.602. The fourth-order valence-electron chi connectivity index (χ4n) is 3.05. The smallest absolute Gasteiger partial charge is 0.176 e. The summed E-state index contributed by atoms with van der Waals surface area (Å²) in [7, 11) is -3.44. The normalized spacial score (nSPS) is 11.6. The van der Waals surface area contributed by atoms with Crippen LogP contribution >= 0.6 is 34.7 Å². The lowest BCUT2D eigenvalue weighted by atomic mass is 10.1. The Balaban J connectivity index is 1.78. The van der Waals surface area contributed by atoms with Crippen LogP contribution in [0.3, 0.4) is 0 Å². The first-order valence-corrected chi connectivity index (χ1v) is 13.3. The third-order valence-corrected chi connectivity index (χ3v) is 8.24. The van der Waals surface area contributed by atoms with Crippen molar-refractivity contribution in [2.75, 3.05) is 6.26 Å². The number of thioether (sulfide) groups is 1. The molecule has 0 spiro atoms. The maximum absolute atomic E-state index is 13.5. The van der Waals surface area contributed by atoms with Crippen LogP contribution in [0.25, 0.3) is 21.7 Å². The molecular formula is C23H17ClFNO2S3. The van der Waals surface area contributed by atoms with Gasteiger partial charge < -0.3 is 0 Å². The van der Waals surface area contributed by atoms with Gasteiger partial charge in [0.2, 0.25) is 0 Å². The van der Waals surface area contributed by atoms with Gasteiger partial charge in [-0.05, 0) is 48.0 Å². The van der Waals surface area contributed by atoms with E-state index < -0.39 is 9.84 Å². The van der Waals surface area contributed by atoms with Gasteiger partial charge in [-0.25, -0.2) is 17.8 Å². The number of rotatable bonds is 6. The Hall–Kier alpha value is -2.19. The molecule has 0 bridgehead atoms. The Labute approximate surface area is 193 Å². The SMILES string of the molecule is CS(=O)(=O)c1ccccc1-c1sc(SCc2ccc(Cl)cc2)nc1-c1ccc(F)cc1. The second-order valence-electron chi connectivity index (χ2n) is 6.85. The minimum atomic E-state index is -3.44. The summed E-state index contributed by atoms with van der Waals surface area (Å²) in [5.41, 5.74) is 3.07. The van der Waals surface area contributed by atoms with Crippen molar-refractivity contribution in [1.29, 1.82) is 0 Å². The first-order chi connectivity index (χ1) is 14.8. The number of aromatic nitrogens is 1. The molecule has 0 saturated carbocycles. The van der Waals surface area contributed by atoms with E-state index in [1.165, 1.54) is 29.7 Å². The number of halogens is 2. The molecule has 0 unspecified atom stereocenters. The predicted molar refractivity (Wildman–Crippen MR) is 127 cm³/mol. The summed E-state index contributed by atoms with van der Waals surface area (Å²) in [6.07, 6.45) is 1.20. The summed E-state index contributed by atoms with van der Waals surface area (Å²) in [4.78, 5) is 5.77. The molecule has 0 aliphatic carbocycles. The van der Waals surface area contributed by atoms with Gasteiger partial charge in [-0.3, -0.25) is 0 Å². The largest absolute Gasteiger partial charge is 0.229 e. The molecule has 0 N–H and O–H groups in total. The Morgan fingerprint density at radius 2 is 1.68 bits per heavy atom. The zero-order valence-electron chi connectivity index (χ0n) is 16.4. The molecule has 0 aliphatic heterocycles. The maximum Gasteiger partial charge on any atom is 0.176 e. The second kappa shape index (κ2) is 9.12. The van der Waals surface area contributed by atoms with Crippen molar-refractivity contribution in [3.05, 3.63) is 89.2 Å². The minimum absolute atomic E-state index is 0.247. The average Bonchev–Trinajstić information content (AvgIpc) is 3.17. The molecular weight excluding hydrogens is 473 g/mol. The van der Waals surface area contributed by atoms with Crippen LogP contribution in [-0.4, -0.2) is 19.7 Å². The quantitative estimate of drug-likeness (QED) is 0.274. The van der Waals surface area contributed by atoms with Gasteiger partial charge in [0.1, 0.15) is 5.82 Å². The average molecular weight is 490 g/mol. The first kappa shape index (κ1) is 22.0. The summed E-state index contributed by atoms with van der Waals surface area (Å²) in [6.45, 7) is 0. The number of hydrogen-bond acceptors (Lipinski definition) is 5. The maximum atomic E-state index is 13.5. The van der Waals surface area contributed by atoms with E-state index in [0.29, 0.717) is 22.0 Å². The van der Waals surface area contributed by atoms with Gasteiger partial charge in [0.15, 0.2) is 14.2 Å². The number of nitrogens with zero attached hydrogens (tertiary/aromatic N) is 1. The zero-order chi connectivity index (χ0) is 22.0. The molecule has 4 rings (SSSR count). The lowest BCUT2D eigenvalue weighted by Crippen LogP contribution is -1.99. The minimum Gasteiger partial charge on any atom is -0.229 e. The second-order valence-corrected chi connectivity index (χ2v) is 11.5. The van der Waals surface area contributed by atoms with Gasteiger partial charge in [-0.2, -0.15) is 0 Å². The van der Waals surface area contributed by atoms with Crippen LogP contribution in [0.1, 0.15) is 5.56 Å². The van der Waals surface area contributed by atoms with Crippen LogP contribution in [0.2, 0.25) is 5.02 Å². The highest BCUT2D eigenvalue weighted by atomic mass is 35.5. The van der Waals surface area contributed by atoms with E-state index in [0.717, 1.165) is 20.3 Å². The standard InChI is InChI=1S/C23H17ClFNO2S3/c1-31(27,28)20-5-3-2-4-19(20)22-21(16-8-12-18(25)13-9-16)26-23(30-22)29-14-15-6-10-17(24)11-7-15/h2-13H,14H2,1H3. The van der Waals surface area contributed by atoms with Crippen molar-refractivity contribution in [3.63, 3.8) is 0 Å². The third kappa shape index (κ3) is 5.18. The first-order valence-electron chi connectivity index (χ1n) is 9.25. The number of benzene rings is 3. The van der Waals surface area contributed by atoms with E-state index in [9.17, 15) is 12.8 Å².